The van der Waals surface area contributed by atoms with Gasteiger partial charge in [0.25, 0.3) is 0 Å². The van der Waals surface area contributed by atoms with Crippen LogP contribution in [-0.2, 0) is 12.2 Å². The standard InChI is InChI=1S/C23H27N3O2S/c1-26(2)15-7-6-8-19-11-13-20(14-12-19)23-25-24-22(28-23)18-29-17-16-27-21-9-4-3-5-10-21/h3-7,9-14H,8,15-18H2,1-2H3/b7-6+. The van der Waals surface area contributed by atoms with Gasteiger partial charge in [0.1, 0.15) is 5.75 Å². The zero-order valence-corrected chi connectivity index (χ0v) is 17.8. The van der Waals surface area contributed by atoms with E-state index in [1.807, 2.05) is 42.5 Å². The predicted octanol–water partition coefficient (Wildman–Crippen LogP) is 4.71. The van der Waals surface area contributed by atoms with Crippen LogP contribution >= 0.6 is 11.8 Å². The third-order valence-corrected chi connectivity index (χ3v) is 5.03. The van der Waals surface area contributed by atoms with Crippen LogP contribution < -0.4 is 4.74 Å². The van der Waals surface area contributed by atoms with Gasteiger partial charge in [-0.3, -0.25) is 0 Å². The van der Waals surface area contributed by atoms with Gasteiger partial charge in [-0.2, -0.15) is 0 Å². The first-order valence-electron chi connectivity index (χ1n) is 9.68. The summed E-state index contributed by atoms with van der Waals surface area (Å²) in [7, 11) is 4.13. The summed E-state index contributed by atoms with van der Waals surface area (Å²) in [6, 6.07) is 18.1. The van der Waals surface area contributed by atoms with Crippen LogP contribution in [0.4, 0.5) is 0 Å². The van der Waals surface area contributed by atoms with E-state index in [0.29, 0.717) is 24.1 Å². The van der Waals surface area contributed by atoms with E-state index in [4.69, 9.17) is 9.15 Å². The van der Waals surface area contributed by atoms with Crippen molar-refractivity contribution in [3.8, 4) is 17.2 Å². The number of likely N-dealkylation sites (N-methyl/N-ethyl adjacent to an activating group) is 1. The van der Waals surface area contributed by atoms with Crippen molar-refractivity contribution in [1.82, 2.24) is 15.1 Å². The lowest BCUT2D eigenvalue weighted by Gasteiger charge is -2.04. The molecule has 0 aliphatic heterocycles. The van der Waals surface area contributed by atoms with Crippen LogP contribution in [0, 0.1) is 0 Å². The van der Waals surface area contributed by atoms with Crippen LogP contribution in [0.3, 0.4) is 0 Å². The minimum absolute atomic E-state index is 0.566. The van der Waals surface area contributed by atoms with Crippen molar-refractivity contribution in [2.24, 2.45) is 0 Å². The van der Waals surface area contributed by atoms with Gasteiger partial charge >= 0.3 is 0 Å². The number of aromatic nitrogens is 2. The second kappa shape index (κ2) is 11.4. The number of rotatable bonds is 11. The van der Waals surface area contributed by atoms with Gasteiger partial charge in [-0.05, 0) is 50.3 Å². The normalized spacial score (nSPS) is 11.4. The highest BCUT2D eigenvalue weighted by atomic mass is 32.2. The SMILES string of the molecule is CN(C)C/C=C/Cc1ccc(-c2nnc(CSCCOc3ccccc3)o2)cc1. The van der Waals surface area contributed by atoms with Gasteiger partial charge in [-0.1, -0.05) is 42.5 Å². The molecule has 0 fully saturated rings. The molecule has 5 nitrogen and oxygen atoms in total. The molecule has 0 radical (unpaired) electrons. The van der Waals surface area contributed by atoms with Crippen molar-refractivity contribution in [1.29, 1.82) is 0 Å². The molecule has 1 aromatic heterocycles. The van der Waals surface area contributed by atoms with Gasteiger partial charge in [0, 0.05) is 17.9 Å². The zero-order chi connectivity index (χ0) is 20.3. The lowest BCUT2D eigenvalue weighted by atomic mass is 10.1. The average Bonchev–Trinajstić information content (AvgIpc) is 3.21. The van der Waals surface area contributed by atoms with Crippen molar-refractivity contribution >= 4 is 11.8 Å². The fourth-order valence-corrected chi connectivity index (χ4v) is 3.25. The number of para-hydroxylation sites is 1. The molecule has 3 rings (SSSR count). The summed E-state index contributed by atoms with van der Waals surface area (Å²) < 4.78 is 11.5. The van der Waals surface area contributed by atoms with E-state index in [9.17, 15) is 0 Å². The number of hydrogen-bond acceptors (Lipinski definition) is 6. The molecule has 0 aliphatic carbocycles. The maximum Gasteiger partial charge on any atom is 0.247 e. The highest BCUT2D eigenvalue weighted by Crippen LogP contribution is 2.21. The van der Waals surface area contributed by atoms with E-state index in [1.165, 1.54) is 5.56 Å². The summed E-state index contributed by atoms with van der Waals surface area (Å²) >= 11 is 1.72. The Balaban J connectivity index is 1.41. The molecule has 152 valence electrons. The quantitative estimate of drug-likeness (QED) is 0.338. The van der Waals surface area contributed by atoms with Gasteiger partial charge in [0.2, 0.25) is 11.8 Å². The highest BCUT2D eigenvalue weighted by molar-refractivity contribution is 7.98. The number of benzene rings is 2. The van der Waals surface area contributed by atoms with Crippen molar-refractivity contribution in [2.75, 3.05) is 33.0 Å². The summed E-state index contributed by atoms with van der Waals surface area (Å²) in [5, 5.41) is 8.33. The third kappa shape index (κ3) is 7.40. The smallest absolute Gasteiger partial charge is 0.247 e. The first kappa shape index (κ1) is 21.1. The zero-order valence-electron chi connectivity index (χ0n) is 17.0. The van der Waals surface area contributed by atoms with Crippen LogP contribution in [0.15, 0.2) is 71.2 Å². The van der Waals surface area contributed by atoms with Gasteiger partial charge in [0.15, 0.2) is 0 Å². The minimum Gasteiger partial charge on any atom is -0.493 e. The number of nitrogens with zero attached hydrogens (tertiary/aromatic N) is 3. The molecule has 0 aliphatic rings. The molecule has 29 heavy (non-hydrogen) atoms. The number of ether oxygens (including phenoxy) is 1. The second-order valence-electron chi connectivity index (χ2n) is 6.85. The van der Waals surface area contributed by atoms with E-state index in [2.05, 4.69) is 53.5 Å². The Labute approximate surface area is 176 Å². The monoisotopic (exact) mass is 409 g/mol. The Morgan fingerprint density at radius 3 is 2.55 bits per heavy atom. The van der Waals surface area contributed by atoms with E-state index in [0.717, 1.165) is 30.0 Å². The van der Waals surface area contributed by atoms with E-state index < -0.39 is 0 Å². The first-order chi connectivity index (χ1) is 14.2. The lowest BCUT2D eigenvalue weighted by molar-refractivity contribution is 0.344. The van der Waals surface area contributed by atoms with Crippen LogP contribution in [0.25, 0.3) is 11.5 Å². The fraction of sp³-hybridized carbons (Fsp3) is 0.304. The lowest BCUT2D eigenvalue weighted by Crippen LogP contribution is -2.10. The van der Waals surface area contributed by atoms with Crippen LogP contribution in [0.2, 0.25) is 0 Å². The molecule has 0 bridgehead atoms. The van der Waals surface area contributed by atoms with Crippen molar-refractivity contribution in [3.63, 3.8) is 0 Å². The predicted molar refractivity (Wildman–Crippen MR) is 119 cm³/mol. The van der Waals surface area contributed by atoms with Crippen LogP contribution in [0.5, 0.6) is 5.75 Å². The van der Waals surface area contributed by atoms with Crippen molar-refractivity contribution < 1.29 is 9.15 Å². The Hall–Kier alpha value is -2.57. The van der Waals surface area contributed by atoms with E-state index in [1.54, 1.807) is 11.8 Å². The maximum absolute atomic E-state index is 5.80. The molecule has 0 amide bonds. The summed E-state index contributed by atoms with van der Waals surface area (Å²) in [5.41, 5.74) is 2.21. The number of allylic oxidation sites excluding steroid dienone is 1. The topological polar surface area (TPSA) is 51.4 Å². The maximum atomic E-state index is 5.80. The minimum atomic E-state index is 0.566. The Morgan fingerprint density at radius 2 is 1.79 bits per heavy atom. The van der Waals surface area contributed by atoms with Gasteiger partial charge in [0.05, 0.1) is 12.4 Å². The molecule has 0 atom stereocenters. The largest absolute Gasteiger partial charge is 0.493 e. The summed E-state index contributed by atoms with van der Waals surface area (Å²) in [6.45, 7) is 1.61. The summed E-state index contributed by atoms with van der Waals surface area (Å²) in [5.74, 6) is 3.64. The highest BCUT2D eigenvalue weighted by Gasteiger charge is 2.08. The van der Waals surface area contributed by atoms with Crippen molar-refractivity contribution in [3.05, 3.63) is 78.2 Å². The molecular weight excluding hydrogens is 382 g/mol. The molecule has 3 aromatic rings. The summed E-state index contributed by atoms with van der Waals surface area (Å²) in [6.07, 6.45) is 5.30. The van der Waals surface area contributed by atoms with Crippen molar-refractivity contribution in [2.45, 2.75) is 12.2 Å². The van der Waals surface area contributed by atoms with E-state index >= 15 is 0 Å². The van der Waals surface area contributed by atoms with Gasteiger partial charge in [-0.15, -0.1) is 22.0 Å². The molecule has 1 heterocycles. The molecule has 0 saturated heterocycles. The molecule has 0 saturated carbocycles. The molecule has 0 N–H and O–H groups in total. The van der Waals surface area contributed by atoms with Crippen LogP contribution in [0.1, 0.15) is 11.5 Å². The fourth-order valence-electron chi connectivity index (χ4n) is 2.61. The summed E-state index contributed by atoms with van der Waals surface area (Å²) in [4.78, 5) is 2.14. The molecule has 6 heteroatoms. The molecule has 2 aromatic carbocycles. The third-order valence-electron chi connectivity index (χ3n) is 4.12. The van der Waals surface area contributed by atoms with E-state index in [-0.39, 0.29) is 0 Å². The molecule has 0 spiro atoms. The van der Waals surface area contributed by atoms with Crippen LogP contribution in [-0.4, -0.2) is 48.1 Å². The molecule has 0 unspecified atom stereocenters. The Bertz CT molecular complexity index is 877. The molecular formula is C23H27N3O2S. The Morgan fingerprint density at radius 1 is 1.00 bits per heavy atom. The number of hydrogen-bond donors (Lipinski definition) is 0. The number of thioether (sulfide) groups is 1. The van der Waals surface area contributed by atoms with Gasteiger partial charge < -0.3 is 14.1 Å². The average molecular weight is 410 g/mol. The second-order valence-corrected chi connectivity index (χ2v) is 7.95. The Kier molecular flexibility index (Phi) is 8.34. The van der Waals surface area contributed by atoms with Gasteiger partial charge in [-0.25, -0.2) is 0 Å². The first-order valence-corrected chi connectivity index (χ1v) is 10.8.